The van der Waals surface area contributed by atoms with Gasteiger partial charge in [0, 0.05) is 24.0 Å². The lowest BCUT2D eigenvalue weighted by atomic mass is 9.57. The van der Waals surface area contributed by atoms with Crippen LogP contribution >= 0.6 is 0 Å². The Labute approximate surface area is 250 Å². The standard InChI is InChI=1S/C32H29N3O9/c1-35(2)26-19-13-16-12-18-17(15-5-3-14(4-6-15)11-21(37)22-9-10-34-44-22)7-8-20(36)24(18)27(38)23(16)29(40)32(19,43)30(41)25(28(26)39)31(33)42/h3-10,16,19,26,36,38,41,43H,11-13H2,1-2H3,(H2,33,42)/t16-,19-,26-,32-/m0/s1. The maximum absolute atomic E-state index is 14.0. The average Bonchev–Trinajstić information content (AvgIpc) is 3.51. The summed E-state index contributed by atoms with van der Waals surface area (Å²) in [4.78, 5) is 53.3. The number of ketones is 3. The van der Waals surface area contributed by atoms with Crippen LogP contribution in [0.2, 0.25) is 0 Å². The maximum Gasteiger partial charge on any atom is 0.255 e. The zero-order valence-corrected chi connectivity index (χ0v) is 23.8. The van der Waals surface area contributed by atoms with E-state index in [-0.39, 0.29) is 47.7 Å². The van der Waals surface area contributed by atoms with Crippen LogP contribution in [0.3, 0.4) is 0 Å². The Hall–Kier alpha value is -5.07. The summed E-state index contributed by atoms with van der Waals surface area (Å²) in [5.41, 5.74) is 4.25. The fourth-order valence-corrected chi connectivity index (χ4v) is 6.95. The minimum atomic E-state index is -2.70. The molecule has 12 nitrogen and oxygen atoms in total. The molecule has 4 atom stereocenters. The summed E-state index contributed by atoms with van der Waals surface area (Å²) < 4.78 is 4.93. The van der Waals surface area contributed by atoms with Crippen molar-refractivity contribution in [2.75, 3.05) is 14.1 Å². The first-order valence-corrected chi connectivity index (χ1v) is 13.9. The molecule has 44 heavy (non-hydrogen) atoms. The third-order valence-electron chi connectivity index (χ3n) is 8.95. The molecule has 3 aromatic rings. The van der Waals surface area contributed by atoms with E-state index in [1.165, 1.54) is 23.2 Å². The Morgan fingerprint density at radius 1 is 1.07 bits per heavy atom. The second-order valence-corrected chi connectivity index (χ2v) is 11.6. The van der Waals surface area contributed by atoms with E-state index in [1.807, 2.05) is 0 Å². The molecule has 1 fully saturated rings. The number of nitrogens with two attached hydrogens (primary N) is 1. The van der Waals surface area contributed by atoms with Gasteiger partial charge in [0.1, 0.15) is 22.8 Å². The quantitative estimate of drug-likeness (QED) is 0.205. The predicted octanol–water partition coefficient (Wildman–Crippen LogP) is 2.04. The van der Waals surface area contributed by atoms with E-state index >= 15 is 0 Å². The first-order valence-electron chi connectivity index (χ1n) is 13.9. The van der Waals surface area contributed by atoms with Crippen LogP contribution in [0.4, 0.5) is 0 Å². The van der Waals surface area contributed by atoms with Crippen molar-refractivity contribution in [3.05, 3.63) is 88.0 Å². The number of phenols is 1. The van der Waals surface area contributed by atoms with Gasteiger partial charge >= 0.3 is 0 Å². The van der Waals surface area contributed by atoms with Gasteiger partial charge in [0.2, 0.25) is 17.3 Å². The van der Waals surface area contributed by atoms with Crippen molar-refractivity contribution in [2.45, 2.75) is 30.9 Å². The summed E-state index contributed by atoms with van der Waals surface area (Å²) in [6.45, 7) is 0. The summed E-state index contributed by atoms with van der Waals surface area (Å²) >= 11 is 0. The summed E-state index contributed by atoms with van der Waals surface area (Å²) in [6.07, 6.45) is 1.63. The van der Waals surface area contributed by atoms with Gasteiger partial charge in [-0.05, 0) is 61.2 Å². The van der Waals surface area contributed by atoms with Crippen LogP contribution < -0.4 is 5.73 Å². The minimum Gasteiger partial charge on any atom is -0.508 e. The Kier molecular flexibility index (Phi) is 6.78. The SMILES string of the molecule is CN(C)[C@@H]1C(=O)C(C(N)=O)=C(O)[C@@]2(O)C(=O)C3=C(O)c4c(O)ccc(-c5ccc(CC(=O)c6ccno6)cc5)c4C[C@H]3C[C@@H]12. The molecule has 12 heteroatoms. The first kappa shape index (κ1) is 29.0. The lowest BCUT2D eigenvalue weighted by Crippen LogP contribution is -2.65. The van der Waals surface area contributed by atoms with Crippen molar-refractivity contribution in [3.63, 3.8) is 0 Å². The highest BCUT2D eigenvalue weighted by Crippen LogP contribution is 2.53. The zero-order valence-electron chi connectivity index (χ0n) is 23.8. The highest BCUT2D eigenvalue weighted by atomic mass is 16.5. The summed E-state index contributed by atoms with van der Waals surface area (Å²) in [5.74, 6) is -7.10. The van der Waals surface area contributed by atoms with Gasteiger partial charge < -0.3 is 30.7 Å². The number of carbonyl (C=O) groups is 4. The highest BCUT2D eigenvalue weighted by Gasteiger charge is 2.64. The second kappa shape index (κ2) is 10.3. The van der Waals surface area contributed by atoms with Crippen LogP contribution in [0.15, 0.2) is 70.1 Å². The normalized spacial score (nSPS) is 24.7. The fraction of sp³-hybridized carbons (Fsp3) is 0.281. The first-order chi connectivity index (χ1) is 20.9. The molecule has 6 rings (SSSR count). The summed E-state index contributed by atoms with van der Waals surface area (Å²) in [5, 5.41) is 48.6. The van der Waals surface area contributed by atoms with E-state index in [0.717, 1.165) is 11.1 Å². The number of hydrogen-bond acceptors (Lipinski definition) is 11. The Morgan fingerprint density at radius 2 is 1.77 bits per heavy atom. The molecule has 0 aliphatic heterocycles. The Morgan fingerprint density at radius 3 is 2.39 bits per heavy atom. The Bertz CT molecular complexity index is 1800. The summed E-state index contributed by atoms with van der Waals surface area (Å²) in [7, 11) is 3.10. The molecular weight excluding hydrogens is 570 g/mol. The lowest BCUT2D eigenvalue weighted by molar-refractivity contribution is -0.153. The Balaban J connectivity index is 1.43. The molecule has 0 spiro atoms. The molecular formula is C32H29N3O9. The molecule has 1 saturated carbocycles. The number of nitrogens with zero attached hydrogens (tertiary/aromatic N) is 2. The number of Topliss-reactive ketones (excluding diaryl/α,β-unsaturated/α-hetero) is 3. The molecule has 0 unspecified atom stereocenters. The van der Waals surface area contributed by atoms with Crippen molar-refractivity contribution >= 4 is 29.0 Å². The number of aliphatic hydroxyl groups excluding tert-OH is 2. The molecule has 0 saturated heterocycles. The monoisotopic (exact) mass is 599 g/mol. The van der Waals surface area contributed by atoms with E-state index in [2.05, 4.69) is 5.16 Å². The van der Waals surface area contributed by atoms with Gasteiger partial charge in [-0.25, -0.2) is 0 Å². The molecule has 6 N–H and O–H groups in total. The number of fused-ring (bicyclic) bond motifs is 3. The van der Waals surface area contributed by atoms with Crippen LogP contribution in [0.5, 0.6) is 5.75 Å². The average molecular weight is 600 g/mol. The molecule has 226 valence electrons. The minimum absolute atomic E-state index is 0.00311. The number of aromatic nitrogens is 1. The fourth-order valence-electron chi connectivity index (χ4n) is 6.95. The van der Waals surface area contributed by atoms with Gasteiger partial charge in [0.05, 0.1) is 17.8 Å². The van der Waals surface area contributed by atoms with Gasteiger partial charge in [-0.15, -0.1) is 0 Å². The molecule has 3 aliphatic carbocycles. The zero-order chi connectivity index (χ0) is 31.7. The van der Waals surface area contributed by atoms with Crippen LogP contribution in [0.1, 0.15) is 33.7 Å². The predicted molar refractivity (Wildman–Crippen MR) is 154 cm³/mol. The lowest BCUT2D eigenvalue weighted by Gasteiger charge is -2.50. The molecule has 1 aromatic heterocycles. The van der Waals surface area contributed by atoms with Crippen LogP contribution in [0.25, 0.3) is 16.9 Å². The van der Waals surface area contributed by atoms with Crippen LogP contribution in [-0.2, 0) is 27.2 Å². The van der Waals surface area contributed by atoms with Gasteiger partial charge in [-0.2, -0.15) is 0 Å². The molecule has 1 amide bonds. The number of aromatic hydroxyl groups is 1. The van der Waals surface area contributed by atoms with Crippen molar-refractivity contribution in [3.8, 4) is 16.9 Å². The van der Waals surface area contributed by atoms with Gasteiger partial charge in [0.25, 0.3) is 5.91 Å². The number of phenolic OH excluding ortho intramolecular Hbond substituents is 1. The van der Waals surface area contributed by atoms with Crippen LogP contribution in [0, 0.1) is 11.8 Å². The molecule has 0 bridgehead atoms. The smallest absolute Gasteiger partial charge is 0.255 e. The van der Waals surface area contributed by atoms with Gasteiger partial charge in [-0.1, -0.05) is 35.5 Å². The molecule has 2 aromatic carbocycles. The third kappa shape index (κ3) is 4.17. The molecule has 0 radical (unpaired) electrons. The number of hydrogen-bond donors (Lipinski definition) is 5. The van der Waals surface area contributed by atoms with Gasteiger partial charge in [0.15, 0.2) is 11.4 Å². The number of amides is 1. The van der Waals surface area contributed by atoms with Crippen molar-refractivity contribution < 1.29 is 44.1 Å². The highest BCUT2D eigenvalue weighted by molar-refractivity contribution is 6.24. The number of aliphatic hydroxyl groups is 3. The number of carbonyl (C=O) groups excluding carboxylic acids is 4. The topological polar surface area (TPSA) is 204 Å². The van der Waals surface area contributed by atoms with E-state index in [4.69, 9.17) is 10.3 Å². The summed E-state index contributed by atoms with van der Waals surface area (Å²) in [6, 6.07) is 10.5. The largest absolute Gasteiger partial charge is 0.508 e. The van der Waals surface area contributed by atoms with Crippen molar-refractivity contribution in [1.82, 2.24) is 10.1 Å². The number of benzene rings is 2. The number of likely N-dealkylation sites (N-methyl/N-ethyl adjacent to an activating group) is 1. The van der Waals surface area contributed by atoms with Crippen molar-refractivity contribution in [2.24, 2.45) is 17.6 Å². The molecule has 1 heterocycles. The van der Waals surface area contributed by atoms with E-state index in [0.29, 0.717) is 11.1 Å². The molecule has 3 aliphatic rings. The van der Waals surface area contributed by atoms with Crippen LogP contribution in [-0.4, -0.2) is 79.5 Å². The second-order valence-electron chi connectivity index (χ2n) is 11.6. The number of primary amides is 1. The van der Waals surface area contributed by atoms with Gasteiger partial charge in [-0.3, -0.25) is 24.1 Å². The number of rotatable bonds is 6. The van der Waals surface area contributed by atoms with E-state index < -0.39 is 58.0 Å². The van der Waals surface area contributed by atoms with E-state index in [1.54, 1.807) is 44.4 Å². The maximum atomic E-state index is 14.0. The van der Waals surface area contributed by atoms with Crippen molar-refractivity contribution in [1.29, 1.82) is 0 Å². The van der Waals surface area contributed by atoms with E-state index in [9.17, 15) is 39.6 Å². The third-order valence-corrected chi connectivity index (χ3v) is 8.95.